The molecule has 27 heavy (non-hydrogen) atoms. The number of hydrogen-bond acceptors (Lipinski definition) is 5. The number of halogens is 1. The number of aromatic nitrogens is 1. The summed E-state index contributed by atoms with van der Waals surface area (Å²) in [4.78, 5) is 27.4. The zero-order valence-corrected chi connectivity index (χ0v) is 15.0. The van der Waals surface area contributed by atoms with Gasteiger partial charge in [-0.05, 0) is 31.2 Å². The van der Waals surface area contributed by atoms with E-state index in [-0.39, 0.29) is 24.4 Å². The predicted octanol–water partition coefficient (Wildman–Crippen LogP) is 3.46. The quantitative estimate of drug-likeness (QED) is 0.650. The van der Waals surface area contributed by atoms with Gasteiger partial charge in [-0.2, -0.15) is 0 Å². The van der Waals surface area contributed by atoms with Gasteiger partial charge in [0, 0.05) is 17.5 Å². The lowest BCUT2D eigenvalue weighted by molar-refractivity contribution is 0.0525. The van der Waals surface area contributed by atoms with Crippen molar-refractivity contribution >= 4 is 22.6 Å². The predicted molar refractivity (Wildman–Crippen MR) is 101 cm³/mol. The van der Waals surface area contributed by atoms with Crippen molar-refractivity contribution in [1.29, 1.82) is 0 Å². The second kappa shape index (κ2) is 7.90. The molecule has 0 amide bonds. The van der Waals surface area contributed by atoms with Crippen LogP contribution in [0.3, 0.4) is 0 Å². The molecule has 3 rings (SSSR count). The van der Waals surface area contributed by atoms with E-state index in [1.54, 1.807) is 20.1 Å². The van der Waals surface area contributed by atoms with Crippen molar-refractivity contribution in [3.8, 4) is 5.75 Å². The summed E-state index contributed by atoms with van der Waals surface area (Å²) in [5, 5.41) is 3.47. The number of anilines is 1. The number of fused-ring (bicyclic) bond motifs is 1. The number of benzene rings is 2. The Morgan fingerprint density at radius 1 is 1.22 bits per heavy atom. The fourth-order valence-corrected chi connectivity index (χ4v) is 2.88. The molecule has 6 nitrogen and oxygen atoms in total. The fraction of sp³-hybridized carbons (Fsp3) is 0.200. The van der Waals surface area contributed by atoms with E-state index in [9.17, 15) is 14.0 Å². The summed E-state index contributed by atoms with van der Waals surface area (Å²) in [7, 11) is 1.56. The number of nitrogens with one attached hydrogen (secondary N) is 2. The summed E-state index contributed by atoms with van der Waals surface area (Å²) in [5.41, 5.74) is 0.661. The molecule has 2 aromatic carbocycles. The number of H-pyrrole nitrogens is 1. The number of hydrogen-bond donors (Lipinski definition) is 2. The highest BCUT2D eigenvalue weighted by Gasteiger charge is 2.21. The Hall–Kier alpha value is -3.35. The number of carbonyl (C=O) groups excluding carboxylic acids is 1. The van der Waals surface area contributed by atoms with Crippen LogP contribution in [0.15, 0.2) is 47.3 Å². The molecule has 0 spiro atoms. The van der Waals surface area contributed by atoms with Crippen molar-refractivity contribution in [1.82, 2.24) is 4.98 Å². The number of carbonyl (C=O) groups is 1. The van der Waals surface area contributed by atoms with E-state index in [2.05, 4.69) is 10.3 Å². The molecule has 0 bridgehead atoms. The summed E-state index contributed by atoms with van der Waals surface area (Å²) in [6, 6.07) is 11.3. The minimum atomic E-state index is -0.771. The fourth-order valence-electron chi connectivity index (χ4n) is 2.88. The third kappa shape index (κ3) is 3.76. The Balaban J connectivity index is 2.12. The van der Waals surface area contributed by atoms with Crippen LogP contribution in [-0.4, -0.2) is 24.7 Å². The van der Waals surface area contributed by atoms with Crippen molar-refractivity contribution in [2.45, 2.75) is 13.5 Å². The summed E-state index contributed by atoms with van der Waals surface area (Å²) in [6.07, 6.45) is 0. The summed E-state index contributed by atoms with van der Waals surface area (Å²) < 4.78 is 24.2. The zero-order chi connectivity index (χ0) is 19.4. The van der Waals surface area contributed by atoms with Gasteiger partial charge >= 0.3 is 5.97 Å². The Bertz CT molecular complexity index is 1050. The Kier molecular flexibility index (Phi) is 5.40. The van der Waals surface area contributed by atoms with E-state index in [1.807, 2.05) is 18.2 Å². The summed E-state index contributed by atoms with van der Waals surface area (Å²) in [6.45, 7) is 2.03. The molecular formula is C20H19FN2O4. The number of pyridine rings is 1. The lowest BCUT2D eigenvalue weighted by atomic mass is 10.1. The van der Waals surface area contributed by atoms with Gasteiger partial charge in [-0.15, -0.1) is 0 Å². The Morgan fingerprint density at radius 2 is 2.00 bits per heavy atom. The molecule has 0 fully saturated rings. The number of para-hydroxylation sites is 1. The molecule has 0 aliphatic carbocycles. The molecule has 2 N–H and O–H groups in total. The van der Waals surface area contributed by atoms with Gasteiger partial charge in [-0.3, -0.25) is 4.79 Å². The molecule has 0 atom stereocenters. The topological polar surface area (TPSA) is 80.4 Å². The SMILES string of the molecule is CCOC(=O)c1c(NCc2ccccc2OC)c2cc(F)ccc2[nH]c1=O. The highest BCUT2D eigenvalue weighted by Crippen LogP contribution is 2.27. The number of aromatic amines is 1. The van der Waals surface area contributed by atoms with Crippen LogP contribution in [0.5, 0.6) is 5.75 Å². The normalized spacial score (nSPS) is 10.6. The highest BCUT2D eigenvalue weighted by molar-refractivity contribution is 6.04. The van der Waals surface area contributed by atoms with Gasteiger partial charge < -0.3 is 19.8 Å². The molecule has 1 heterocycles. The monoisotopic (exact) mass is 370 g/mol. The van der Waals surface area contributed by atoms with Gasteiger partial charge in [0.1, 0.15) is 17.1 Å². The molecule has 0 unspecified atom stereocenters. The lowest BCUT2D eigenvalue weighted by Gasteiger charge is -2.15. The summed E-state index contributed by atoms with van der Waals surface area (Å²) >= 11 is 0. The molecule has 0 radical (unpaired) electrons. The van der Waals surface area contributed by atoms with E-state index in [0.29, 0.717) is 16.7 Å². The van der Waals surface area contributed by atoms with E-state index < -0.39 is 17.3 Å². The maximum Gasteiger partial charge on any atom is 0.345 e. The summed E-state index contributed by atoms with van der Waals surface area (Å²) in [5.74, 6) is -0.597. The molecule has 7 heteroatoms. The van der Waals surface area contributed by atoms with Gasteiger partial charge in [0.25, 0.3) is 5.56 Å². The van der Waals surface area contributed by atoms with Gasteiger partial charge in [-0.1, -0.05) is 18.2 Å². The molecule has 3 aromatic rings. The molecule has 0 saturated carbocycles. The van der Waals surface area contributed by atoms with Crippen LogP contribution in [0.2, 0.25) is 0 Å². The van der Waals surface area contributed by atoms with E-state index >= 15 is 0 Å². The number of esters is 1. The first-order valence-corrected chi connectivity index (χ1v) is 8.43. The molecule has 0 aliphatic rings. The van der Waals surface area contributed by atoms with Crippen molar-refractivity contribution < 1.29 is 18.7 Å². The zero-order valence-electron chi connectivity index (χ0n) is 15.0. The molecular weight excluding hydrogens is 351 g/mol. The van der Waals surface area contributed by atoms with E-state index in [1.165, 1.54) is 18.2 Å². The van der Waals surface area contributed by atoms with Crippen molar-refractivity contribution in [3.63, 3.8) is 0 Å². The minimum absolute atomic E-state index is 0.116. The Labute approximate surface area is 154 Å². The standard InChI is InChI=1S/C20H19FN2O4/c1-3-27-20(25)17-18(22-11-12-6-4-5-7-16(12)26-2)14-10-13(21)8-9-15(14)23-19(17)24/h4-10H,3,11H2,1-2H3,(H2,22,23,24). The maximum atomic E-state index is 13.8. The minimum Gasteiger partial charge on any atom is -0.496 e. The van der Waals surface area contributed by atoms with Crippen LogP contribution < -0.4 is 15.6 Å². The number of ether oxygens (including phenoxy) is 2. The molecule has 140 valence electrons. The lowest BCUT2D eigenvalue weighted by Crippen LogP contribution is -2.23. The largest absolute Gasteiger partial charge is 0.496 e. The first-order valence-electron chi connectivity index (χ1n) is 8.43. The second-order valence-corrected chi connectivity index (χ2v) is 5.78. The maximum absolute atomic E-state index is 13.8. The van der Waals surface area contributed by atoms with Gasteiger partial charge in [-0.25, -0.2) is 9.18 Å². The van der Waals surface area contributed by atoms with Crippen LogP contribution in [0.4, 0.5) is 10.1 Å². The van der Waals surface area contributed by atoms with Crippen LogP contribution >= 0.6 is 0 Å². The van der Waals surface area contributed by atoms with Crippen LogP contribution in [-0.2, 0) is 11.3 Å². The smallest absolute Gasteiger partial charge is 0.345 e. The van der Waals surface area contributed by atoms with Crippen molar-refractivity contribution in [3.05, 3.63) is 69.8 Å². The van der Waals surface area contributed by atoms with Crippen molar-refractivity contribution in [2.75, 3.05) is 19.0 Å². The average Bonchev–Trinajstić information content (AvgIpc) is 2.66. The molecule has 0 saturated heterocycles. The third-order valence-corrected chi connectivity index (χ3v) is 4.10. The molecule has 1 aromatic heterocycles. The average molecular weight is 370 g/mol. The van der Waals surface area contributed by atoms with Gasteiger partial charge in [0.05, 0.1) is 24.9 Å². The third-order valence-electron chi connectivity index (χ3n) is 4.10. The van der Waals surface area contributed by atoms with Crippen LogP contribution in [0, 0.1) is 5.82 Å². The van der Waals surface area contributed by atoms with E-state index in [0.717, 1.165) is 5.56 Å². The number of rotatable bonds is 6. The van der Waals surface area contributed by atoms with Gasteiger partial charge in [0.2, 0.25) is 0 Å². The second-order valence-electron chi connectivity index (χ2n) is 5.78. The van der Waals surface area contributed by atoms with Crippen LogP contribution in [0.1, 0.15) is 22.8 Å². The first-order chi connectivity index (χ1) is 13.0. The Morgan fingerprint density at radius 3 is 2.74 bits per heavy atom. The van der Waals surface area contributed by atoms with E-state index in [4.69, 9.17) is 9.47 Å². The van der Waals surface area contributed by atoms with Crippen molar-refractivity contribution in [2.24, 2.45) is 0 Å². The first kappa shape index (κ1) is 18.4. The van der Waals surface area contributed by atoms with Crippen LogP contribution in [0.25, 0.3) is 10.9 Å². The highest BCUT2D eigenvalue weighted by atomic mass is 19.1. The number of methoxy groups -OCH3 is 1. The molecule has 0 aliphatic heterocycles. The van der Waals surface area contributed by atoms with Gasteiger partial charge in [0.15, 0.2) is 0 Å².